The van der Waals surface area contributed by atoms with Crippen molar-refractivity contribution in [3.63, 3.8) is 0 Å². The van der Waals surface area contributed by atoms with Crippen molar-refractivity contribution in [1.29, 1.82) is 0 Å². The van der Waals surface area contributed by atoms with Crippen LogP contribution in [-0.4, -0.2) is 36.7 Å². The molecule has 1 aromatic carbocycles. The number of hydrogen-bond acceptors (Lipinski definition) is 4. The minimum Gasteiger partial charge on any atom is -0.454 e. The van der Waals surface area contributed by atoms with Gasteiger partial charge in [0.2, 0.25) is 12.7 Å². The molecule has 0 radical (unpaired) electrons. The predicted molar refractivity (Wildman–Crippen MR) is 79.3 cm³/mol. The number of rotatable bonds is 3. The zero-order valence-electron chi connectivity index (χ0n) is 12.6. The summed E-state index contributed by atoms with van der Waals surface area (Å²) >= 11 is 0. The summed E-state index contributed by atoms with van der Waals surface area (Å²) in [5.74, 6) is 1.68. The maximum atomic E-state index is 12.7. The van der Waals surface area contributed by atoms with Gasteiger partial charge in [0.25, 0.3) is 0 Å². The fourth-order valence-corrected chi connectivity index (χ4v) is 3.04. The van der Waals surface area contributed by atoms with E-state index in [4.69, 9.17) is 9.47 Å². The summed E-state index contributed by atoms with van der Waals surface area (Å²) in [6.07, 6.45) is 3.15. The third-order valence-electron chi connectivity index (χ3n) is 4.29. The second-order valence-electron chi connectivity index (χ2n) is 6.06. The molecule has 3 rings (SSSR count). The summed E-state index contributed by atoms with van der Waals surface area (Å²) in [4.78, 5) is 14.5. The van der Waals surface area contributed by atoms with Gasteiger partial charge in [0.05, 0.1) is 5.54 Å². The molecule has 1 unspecified atom stereocenters. The van der Waals surface area contributed by atoms with Crippen LogP contribution < -0.4 is 14.8 Å². The zero-order chi connectivity index (χ0) is 14.9. The highest BCUT2D eigenvalue weighted by Gasteiger charge is 2.36. The molecule has 0 saturated carbocycles. The van der Waals surface area contributed by atoms with Gasteiger partial charge in [-0.25, -0.2) is 0 Å². The third kappa shape index (κ3) is 2.83. The molecule has 21 heavy (non-hydrogen) atoms. The molecule has 1 saturated heterocycles. The number of nitrogens with zero attached hydrogens (tertiary/aromatic N) is 1. The maximum Gasteiger partial charge on any atom is 0.242 e. The van der Waals surface area contributed by atoms with Crippen LogP contribution in [0.15, 0.2) is 18.2 Å². The highest BCUT2D eigenvalue weighted by molar-refractivity contribution is 5.85. The lowest BCUT2D eigenvalue weighted by Crippen LogP contribution is -2.57. The van der Waals surface area contributed by atoms with Crippen molar-refractivity contribution in [1.82, 2.24) is 10.2 Å². The van der Waals surface area contributed by atoms with Gasteiger partial charge in [0.1, 0.15) is 0 Å². The van der Waals surface area contributed by atoms with Crippen LogP contribution in [0.3, 0.4) is 0 Å². The van der Waals surface area contributed by atoms with Gasteiger partial charge in [-0.1, -0.05) is 6.07 Å². The van der Waals surface area contributed by atoms with Gasteiger partial charge in [-0.15, -0.1) is 0 Å². The number of amides is 1. The van der Waals surface area contributed by atoms with Crippen molar-refractivity contribution in [2.75, 3.05) is 20.4 Å². The molecule has 5 heteroatoms. The number of fused-ring (bicyclic) bond motifs is 1. The molecule has 2 aliphatic heterocycles. The Morgan fingerprint density at radius 1 is 1.33 bits per heavy atom. The molecule has 2 heterocycles. The van der Waals surface area contributed by atoms with E-state index < -0.39 is 5.54 Å². The number of carbonyl (C=O) groups is 1. The Balaban J connectivity index is 1.68. The first kappa shape index (κ1) is 14.2. The van der Waals surface area contributed by atoms with Crippen molar-refractivity contribution in [3.05, 3.63) is 23.8 Å². The monoisotopic (exact) mass is 290 g/mol. The van der Waals surface area contributed by atoms with E-state index in [2.05, 4.69) is 5.32 Å². The van der Waals surface area contributed by atoms with E-state index >= 15 is 0 Å². The number of likely N-dealkylation sites (N-methyl/N-ethyl adjacent to an activating group) is 1. The SMILES string of the molecule is CN(Cc1ccc2c(c1)OCO2)C(=O)C1(C)CCCCN1. The summed E-state index contributed by atoms with van der Waals surface area (Å²) in [5.41, 5.74) is 0.623. The Hall–Kier alpha value is -1.75. The van der Waals surface area contributed by atoms with Crippen LogP contribution in [-0.2, 0) is 11.3 Å². The van der Waals surface area contributed by atoms with Gasteiger partial charge in [0.15, 0.2) is 11.5 Å². The van der Waals surface area contributed by atoms with E-state index in [0.29, 0.717) is 6.54 Å². The molecule has 0 bridgehead atoms. The fourth-order valence-electron chi connectivity index (χ4n) is 3.04. The largest absolute Gasteiger partial charge is 0.454 e. The first-order chi connectivity index (χ1) is 10.1. The molecule has 1 amide bonds. The quantitative estimate of drug-likeness (QED) is 0.924. The zero-order valence-corrected chi connectivity index (χ0v) is 12.6. The molecule has 1 aromatic rings. The van der Waals surface area contributed by atoms with Crippen molar-refractivity contribution < 1.29 is 14.3 Å². The number of benzene rings is 1. The van der Waals surface area contributed by atoms with Gasteiger partial charge in [-0.05, 0) is 50.4 Å². The molecule has 1 atom stereocenters. The Bertz CT molecular complexity index is 538. The van der Waals surface area contributed by atoms with Crippen LogP contribution in [0.2, 0.25) is 0 Å². The number of carbonyl (C=O) groups excluding carboxylic acids is 1. The topological polar surface area (TPSA) is 50.8 Å². The fraction of sp³-hybridized carbons (Fsp3) is 0.562. The number of nitrogens with one attached hydrogen (secondary N) is 1. The lowest BCUT2D eigenvalue weighted by atomic mass is 9.89. The standard InChI is InChI=1S/C16H22N2O3/c1-16(7-3-4-8-17-16)15(19)18(2)10-12-5-6-13-14(9-12)21-11-20-13/h5-6,9,17H,3-4,7-8,10-11H2,1-2H3. The van der Waals surface area contributed by atoms with Gasteiger partial charge < -0.3 is 19.7 Å². The Labute approximate surface area is 125 Å². The van der Waals surface area contributed by atoms with Crippen molar-refractivity contribution >= 4 is 5.91 Å². The normalized spacial score (nSPS) is 23.9. The number of hydrogen-bond donors (Lipinski definition) is 1. The molecule has 0 spiro atoms. The smallest absolute Gasteiger partial charge is 0.242 e. The van der Waals surface area contributed by atoms with E-state index in [1.807, 2.05) is 32.2 Å². The van der Waals surface area contributed by atoms with Gasteiger partial charge in [-0.2, -0.15) is 0 Å². The number of ether oxygens (including phenoxy) is 2. The van der Waals surface area contributed by atoms with Gasteiger partial charge in [-0.3, -0.25) is 4.79 Å². The summed E-state index contributed by atoms with van der Waals surface area (Å²) in [5, 5.41) is 3.37. The van der Waals surface area contributed by atoms with Crippen molar-refractivity contribution in [3.8, 4) is 11.5 Å². The Morgan fingerprint density at radius 2 is 2.14 bits per heavy atom. The molecule has 114 valence electrons. The number of piperidine rings is 1. The average Bonchev–Trinajstić information content (AvgIpc) is 2.94. The first-order valence-electron chi connectivity index (χ1n) is 7.48. The van der Waals surface area contributed by atoms with Gasteiger partial charge in [0, 0.05) is 13.6 Å². The summed E-state index contributed by atoms with van der Waals surface area (Å²) in [7, 11) is 1.86. The third-order valence-corrected chi connectivity index (χ3v) is 4.29. The van der Waals surface area contributed by atoms with Crippen LogP contribution in [0.1, 0.15) is 31.7 Å². The molecule has 0 aliphatic carbocycles. The van der Waals surface area contributed by atoms with E-state index in [-0.39, 0.29) is 12.7 Å². The Kier molecular flexibility index (Phi) is 3.76. The molecule has 5 nitrogen and oxygen atoms in total. The van der Waals surface area contributed by atoms with Crippen LogP contribution in [0.25, 0.3) is 0 Å². The Morgan fingerprint density at radius 3 is 2.90 bits per heavy atom. The molecule has 1 fully saturated rings. The van der Waals surface area contributed by atoms with E-state index in [9.17, 15) is 4.79 Å². The van der Waals surface area contributed by atoms with E-state index in [0.717, 1.165) is 42.9 Å². The lowest BCUT2D eigenvalue weighted by molar-refractivity contribution is -0.137. The average molecular weight is 290 g/mol. The van der Waals surface area contributed by atoms with E-state index in [1.54, 1.807) is 4.90 Å². The summed E-state index contributed by atoms with van der Waals surface area (Å²) in [6.45, 7) is 3.77. The molecule has 0 aromatic heterocycles. The van der Waals surface area contributed by atoms with Crippen LogP contribution in [0.5, 0.6) is 11.5 Å². The van der Waals surface area contributed by atoms with Crippen LogP contribution >= 0.6 is 0 Å². The first-order valence-corrected chi connectivity index (χ1v) is 7.48. The van der Waals surface area contributed by atoms with Crippen molar-refractivity contribution in [2.45, 2.75) is 38.3 Å². The molecule has 2 aliphatic rings. The molecular formula is C16H22N2O3. The molecular weight excluding hydrogens is 268 g/mol. The predicted octanol–water partition coefficient (Wildman–Crippen LogP) is 1.91. The maximum absolute atomic E-state index is 12.7. The van der Waals surface area contributed by atoms with Crippen molar-refractivity contribution in [2.24, 2.45) is 0 Å². The minimum atomic E-state index is -0.427. The van der Waals surface area contributed by atoms with E-state index in [1.165, 1.54) is 0 Å². The van der Waals surface area contributed by atoms with Crippen LogP contribution in [0.4, 0.5) is 0 Å². The lowest BCUT2D eigenvalue weighted by Gasteiger charge is -2.36. The summed E-state index contributed by atoms with van der Waals surface area (Å²) < 4.78 is 10.7. The van der Waals surface area contributed by atoms with Crippen LogP contribution in [0, 0.1) is 0 Å². The summed E-state index contributed by atoms with van der Waals surface area (Å²) in [6, 6.07) is 5.83. The van der Waals surface area contributed by atoms with Gasteiger partial charge >= 0.3 is 0 Å². The second kappa shape index (κ2) is 5.56. The second-order valence-corrected chi connectivity index (χ2v) is 6.06. The highest BCUT2D eigenvalue weighted by atomic mass is 16.7. The minimum absolute atomic E-state index is 0.153. The highest BCUT2D eigenvalue weighted by Crippen LogP contribution is 2.33. The molecule has 1 N–H and O–H groups in total.